The second kappa shape index (κ2) is 7.38. The van der Waals surface area contributed by atoms with Crippen LogP contribution in [0, 0.1) is 0 Å². The molecule has 2 heteroatoms. The fraction of sp³-hybridized carbons (Fsp3) is 1.00. The maximum absolute atomic E-state index is 3.70. The van der Waals surface area contributed by atoms with Crippen LogP contribution in [0.3, 0.4) is 0 Å². The van der Waals surface area contributed by atoms with Gasteiger partial charge in [0, 0.05) is 24.7 Å². The molecule has 1 heterocycles. The molecular weight excluding hydrogens is 208 g/mol. The van der Waals surface area contributed by atoms with Gasteiger partial charge in [-0.15, -0.1) is 0 Å². The zero-order chi connectivity index (χ0) is 12.7. The SMILES string of the molecule is CCCCCCN1CC(CCC)NCC1(C)C. The first-order valence-corrected chi connectivity index (χ1v) is 7.58. The van der Waals surface area contributed by atoms with Crippen molar-refractivity contribution in [1.82, 2.24) is 10.2 Å². The molecule has 0 aromatic rings. The van der Waals surface area contributed by atoms with Gasteiger partial charge in [-0.1, -0.05) is 39.5 Å². The van der Waals surface area contributed by atoms with E-state index in [-0.39, 0.29) is 0 Å². The van der Waals surface area contributed by atoms with Crippen molar-refractivity contribution in [3.8, 4) is 0 Å². The summed E-state index contributed by atoms with van der Waals surface area (Å²) in [6.07, 6.45) is 8.11. The van der Waals surface area contributed by atoms with Crippen LogP contribution >= 0.6 is 0 Å². The van der Waals surface area contributed by atoms with Crippen LogP contribution in [0.5, 0.6) is 0 Å². The quantitative estimate of drug-likeness (QED) is 0.686. The first-order valence-electron chi connectivity index (χ1n) is 7.58. The normalized spacial score (nSPS) is 25.1. The smallest absolute Gasteiger partial charge is 0.0278 e. The van der Waals surface area contributed by atoms with Gasteiger partial charge in [0.2, 0.25) is 0 Å². The van der Waals surface area contributed by atoms with E-state index in [4.69, 9.17) is 0 Å². The summed E-state index contributed by atoms with van der Waals surface area (Å²) in [6, 6.07) is 0.721. The number of hydrogen-bond donors (Lipinski definition) is 1. The summed E-state index contributed by atoms with van der Waals surface area (Å²) in [5, 5.41) is 3.70. The Morgan fingerprint density at radius 1 is 1.12 bits per heavy atom. The van der Waals surface area contributed by atoms with E-state index < -0.39 is 0 Å². The van der Waals surface area contributed by atoms with Crippen molar-refractivity contribution in [3.63, 3.8) is 0 Å². The molecule has 0 aromatic heterocycles. The van der Waals surface area contributed by atoms with Crippen LogP contribution in [0.25, 0.3) is 0 Å². The summed E-state index contributed by atoms with van der Waals surface area (Å²) in [6.45, 7) is 13.0. The van der Waals surface area contributed by atoms with Gasteiger partial charge in [0.25, 0.3) is 0 Å². The van der Waals surface area contributed by atoms with Gasteiger partial charge in [-0.25, -0.2) is 0 Å². The van der Waals surface area contributed by atoms with Gasteiger partial charge < -0.3 is 5.32 Å². The highest BCUT2D eigenvalue weighted by Gasteiger charge is 2.32. The second-order valence-corrected chi connectivity index (χ2v) is 6.19. The van der Waals surface area contributed by atoms with E-state index in [2.05, 4.69) is 37.9 Å². The molecule has 0 bridgehead atoms. The molecule has 1 unspecified atom stereocenters. The lowest BCUT2D eigenvalue weighted by Gasteiger charge is -2.46. The minimum absolute atomic E-state index is 0.344. The number of nitrogens with zero attached hydrogens (tertiary/aromatic N) is 1. The number of hydrogen-bond acceptors (Lipinski definition) is 2. The monoisotopic (exact) mass is 240 g/mol. The molecule has 1 N–H and O–H groups in total. The van der Waals surface area contributed by atoms with Crippen LogP contribution in [0.1, 0.15) is 66.2 Å². The minimum Gasteiger partial charge on any atom is -0.311 e. The Labute approximate surface area is 108 Å². The highest BCUT2D eigenvalue weighted by atomic mass is 15.3. The van der Waals surface area contributed by atoms with E-state index in [0.717, 1.165) is 12.6 Å². The molecule has 102 valence electrons. The van der Waals surface area contributed by atoms with Crippen molar-refractivity contribution in [2.75, 3.05) is 19.6 Å². The molecule has 1 atom stereocenters. The highest BCUT2D eigenvalue weighted by molar-refractivity contribution is 4.92. The van der Waals surface area contributed by atoms with Crippen LogP contribution in [0.2, 0.25) is 0 Å². The van der Waals surface area contributed by atoms with Crippen LogP contribution in [0.15, 0.2) is 0 Å². The Kier molecular flexibility index (Phi) is 6.50. The fourth-order valence-electron chi connectivity index (χ4n) is 2.75. The van der Waals surface area contributed by atoms with E-state index >= 15 is 0 Å². The lowest BCUT2D eigenvalue weighted by atomic mass is 9.95. The molecule has 1 saturated heterocycles. The third-order valence-electron chi connectivity index (χ3n) is 4.04. The molecule has 0 aromatic carbocycles. The van der Waals surface area contributed by atoms with Crippen LogP contribution in [-0.4, -0.2) is 36.1 Å². The van der Waals surface area contributed by atoms with Crippen LogP contribution in [0.4, 0.5) is 0 Å². The largest absolute Gasteiger partial charge is 0.311 e. The van der Waals surface area contributed by atoms with Crippen molar-refractivity contribution in [2.24, 2.45) is 0 Å². The zero-order valence-electron chi connectivity index (χ0n) is 12.4. The standard InChI is InChI=1S/C15H32N2/c1-5-7-8-9-11-17-12-14(10-6-2)16-13-15(17,3)4/h14,16H,5-13H2,1-4H3. The summed E-state index contributed by atoms with van der Waals surface area (Å²) in [5.74, 6) is 0. The molecule has 0 spiro atoms. The van der Waals surface area contributed by atoms with Gasteiger partial charge >= 0.3 is 0 Å². The van der Waals surface area contributed by atoms with E-state index in [1.807, 2.05) is 0 Å². The molecule has 0 saturated carbocycles. The topological polar surface area (TPSA) is 15.3 Å². The molecule has 0 aliphatic carbocycles. The summed E-state index contributed by atoms with van der Waals surface area (Å²) in [7, 11) is 0. The molecule has 1 rings (SSSR count). The van der Waals surface area contributed by atoms with Gasteiger partial charge in [0.15, 0.2) is 0 Å². The predicted octanol–water partition coefficient (Wildman–Crippen LogP) is 3.42. The van der Waals surface area contributed by atoms with Gasteiger partial charge in [-0.2, -0.15) is 0 Å². The predicted molar refractivity (Wildman–Crippen MR) is 76.5 cm³/mol. The lowest BCUT2D eigenvalue weighted by Crippen LogP contribution is -2.61. The molecule has 1 fully saturated rings. The molecule has 17 heavy (non-hydrogen) atoms. The third kappa shape index (κ3) is 4.97. The Morgan fingerprint density at radius 2 is 1.88 bits per heavy atom. The maximum atomic E-state index is 3.70. The summed E-state index contributed by atoms with van der Waals surface area (Å²) < 4.78 is 0. The maximum Gasteiger partial charge on any atom is 0.0278 e. The molecule has 1 aliphatic rings. The van der Waals surface area contributed by atoms with Crippen molar-refractivity contribution in [2.45, 2.75) is 77.8 Å². The van der Waals surface area contributed by atoms with Gasteiger partial charge in [0.1, 0.15) is 0 Å². The van der Waals surface area contributed by atoms with Gasteiger partial charge in [-0.05, 0) is 33.2 Å². The van der Waals surface area contributed by atoms with E-state index in [1.54, 1.807) is 0 Å². The Bertz CT molecular complexity index is 201. The van der Waals surface area contributed by atoms with E-state index in [9.17, 15) is 0 Å². The second-order valence-electron chi connectivity index (χ2n) is 6.19. The first-order chi connectivity index (χ1) is 8.10. The van der Waals surface area contributed by atoms with Crippen LogP contribution < -0.4 is 5.32 Å². The molecular formula is C15H32N2. The average molecular weight is 240 g/mol. The van der Waals surface area contributed by atoms with Crippen molar-refractivity contribution in [1.29, 1.82) is 0 Å². The fourth-order valence-corrected chi connectivity index (χ4v) is 2.75. The van der Waals surface area contributed by atoms with E-state index in [1.165, 1.54) is 51.6 Å². The van der Waals surface area contributed by atoms with Gasteiger partial charge in [0.05, 0.1) is 0 Å². The number of nitrogens with one attached hydrogen (secondary N) is 1. The first kappa shape index (κ1) is 15.0. The third-order valence-corrected chi connectivity index (χ3v) is 4.04. The number of piperazine rings is 1. The summed E-state index contributed by atoms with van der Waals surface area (Å²) >= 11 is 0. The van der Waals surface area contributed by atoms with Crippen molar-refractivity contribution < 1.29 is 0 Å². The van der Waals surface area contributed by atoms with E-state index in [0.29, 0.717) is 5.54 Å². The Balaban J connectivity index is 2.35. The minimum atomic E-state index is 0.344. The highest BCUT2D eigenvalue weighted by Crippen LogP contribution is 2.21. The summed E-state index contributed by atoms with van der Waals surface area (Å²) in [4.78, 5) is 2.71. The number of rotatable bonds is 7. The molecule has 2 nitrogen and oxygen atoms in total. The zero-order valence-corrected chi connectivity index (χ0v) is 12.4. The van der Waals surface area contributed by atoms with Crippen molar-refractivity contribution >= 4 is 0 Å². The molecule has 0 radical (unpaired) electrons. The molecule has 1 aliphatic heterocycles. The number of unbranched alkanes of at least 4 members (excludes halogenated alkanes) is 3. The van der Waals surface area contributed by atoms with Crippen LogP contribution in [-0.2, 0) is 0 Å². The molecule has 0 amide bonds. The Morgan fingerprint density at radius 3 is 2.53 bits per heavy atom. The Hall–Kier alpha value is -0.0800. The average Bonchev–Trinajstić information content (AvgIpc) is 2.29. The lowest BCUT2D eigenvalue weighted by molar-refractivity contribution is 0.0621. The van der Waals surface area contributed by atoms with Crippen molar-refractivity contribution in [3.05, 3.63) is 0 Å². The summed E-state index contributed by atoms with van der Waals surface area (Å²) in [5.41, 5.74) is 0.344. The van der Waals surface area contributed by atoms with Gasteiger partial charge in [-0.3, -0.25) is 4.90 Å².